The lowest BCUT2D eigenvalue weighted by Gasteiger charge is -2.09. The lowest BCUT2D eigenvalue weighted by Crippen LogP contribution is -2.00. The Morgan fingerprint density at radius 2 is 1.94 bits per heavy atom. The molecule has 0 bridgehead atoms. The Bertz CT molecular complexity index is 525. The lowest BCUT2D eigenvalue weighted by atomic mass is 10.1. The highest BCUT2D eigenvalue weighted by molar-refractivity contribution is 9.10. The van der Waals surface area contributed by atoms with Gasteiger partial charge in [-0.2, -0.15) is 0 Å². The number of benzene rings is 2. The first kappa shape index (κ1) is 12.5. The van der Waals surface area contributed by atoms with Gasteiger partial charge in [0.1, 0.15) is 0 Å². The molecule has 0 aliphatic rings. The van der Waals surface area contributed by atoms with E-state index >= 15 is 0 Å². The van der Waals surface area contributed by atoms with Crippen LogP contribution >= 0.6 is 27.5 Å². The van der Waals surface area contributed by atoms with Crippen molar-refractivity contribution in [1.29, 1.82) is 0 Å². The number of aryl methyl sites for hydroxylation is 1. The summed E-state index contributed by atoms with van der Waals surface area (Å²) in [5, 5.41) is 4.09. The average Bonchev–Trinajstić information content (AvgIpc) is 2.32. The SMILES string of the molecule is Cc1ccccc1CNc1ccc(Br)c(Cl)c1. The first-order valence-electron chi connectivity index (χ1n) is 5.40. The van der Waals surface area contributed by atoms with Crippen LogP contribution in [0.3, 0.4) is 0 Å². The van der Waals surface area contributed by atoms with Gasteiger partial charge >= 0.3 is 0 Å². The molecule has 0 atom stereocenters. The Hall–Kier alpha value is -0.990. The van der Waals surface area contributed by atoms with E-state index in [9.17, 15) is 0 Å². The smallest absolute Gasteiger partial charge is 0.0568 e. The van der Waals surface area contributed by atoms with Crippen LogP contribution in [-0.2, 0) is 6.54 Å². The second-order valence-corrected chi connectivity index (χ2v) is 5.17. The maximum absolute atomic E-state index is 6.04. The van der Waals surface area contributed by atoms with Gasteiger partial charge < -0.3 is 5.32 Å². The molecule has 17 heavy (non-hydrogen) atoms. The molecule has 0 saturated carbocycles. The molecule has 2 rings (SSSR count). The number of nitrogens with one attached hydrogen (secondary N) is 1. The first-order valence-corrected chi connectivity index (χ1v) is 6.57. The molecule has 0 spiro atoms. The Morgan fingerprint density at radius 3 is 2.65 bits per heavy atom. The van der Waals surface area contributed by atoms with Crippen LogP contribution in [0.25, 0.3) is 0 Å². The maximum atomic E-state index is 6.04. The normalized spacial score (nSPS) is 10.3. The van der Waals surface area contributed by atoms with E-state index in [4.69, 9.17) is 11.6 Å². The summed E-state index contributed by atoms with van der Waals surface area (Å²) in [5.74, 6) is 0. The average molecular weight is 311 g/mol. The van der Waals surface area contributed by atoms with Gasteiger partial charge in [0.05, 0.1) is 5.02 Å². The Morgan fingerprint density at radius 1 is 1.18 bits per heavy atom. The van der Waals surface area contributed by atoms with E-state index < -0.39 is 0 Å². The third-order valence-corrected chi connectivity index (χ3v) is 3.90. The Kier molecular flexibility index (Phi) is 4.08. The van der Waals surface area contributed by atoms with Gasteiger partial charge in [0.2, 0.25) is 0 Å². The van der Waals surface area contributed by atoms with E-state index in [1.807, 2.05) is 18.2 Å². The van der Waals surface area contributed by atoms with Crippen molar-refractivity contribution in [3.8, 4) is 0 Å². The molecule has 1 nitrogen and oxygen atoms in total. The molecule has 0 saturated heterocycles. The van der Waals surface area contributed by atoms with Crippen molar-refractivity contribution in [2.75, 3.05) is 5.32 Å². The number of hydrogen-bond acceptors (Lipinski definition) is 1. The Balaban J connectivity index is 2.08. The molecule has 0 amide bonds. The van der Waals surface area contributed by atoms with Crippen LogP contribution in [0.5, 0.6) is 0 Å². The van der Waals surface area contributed by atoms with Gasteiger partial charge in [-0.3, -0.25) is 0 Å². The van der Waals surface area contributed by atoms with Crippen LogP contribution in [0.4, 0.5) is 5.69 Å². The summed E-state index contributed by atoms with van der Waals surface area (Å²) < 4.78 is 0.917. The van der Waals surface area contributed by atoms with Crippen molar-refractivity contribution in [3.63, 3.8) is 0 Å². The van der Waals surface area contributed by atoms with Crippen molar-refractivity contribution in [2.24, 2.45) is 0 Å². The van der Waals surface area contributed by atoms with Crippen LogP contribution in [0.1, 0.15) is 11.1 Å². The van der Waals surface area contributed by atoms with Crippen LogP contribution in [0, 0.1) is 6.92 Å². The minimum Gasteiger partial charge on any atom is -0.381 e. The van der Waals surface area contributed by atoms with Gasteiger partial charge in [-0.25, -0.2) is 0 Å². The van der Waals surface area contributed by atoms with Gasteiger partial charge in [-0.15, -0.1) is 0 Å². The topological polar surface area (TPSA) is 12.0 Å². The first-order chi connectivity index (χ1) is 8.16. The summed E-state index contributed by atoms with van der Waals surface area (Å²) in [4.78, 5) is 0. The van der Waals surface area contributed by atoms with Gasteiger partial charge in [-0.05, 0) is 52.2 Å². The minimum absolute atomic E-state index is 0.722. The molecule has 2 aromatic rings. The van der Waals surface area contributed by atoms with Crippen LogP contribution in [0.2, 0.25) is 5.02 Å². The zero-order valence-electron chi connectivity index (χ0n) is 9.50. The summed E-state index contributed by atoms with van der Waals surface area (Å²) in [6, 6.07) is 14.2. The number of rotatable bonds is 3. The third kappa shape index (κ3) is 3.24. The van der Waals surface area contributed by atoms with Crippen molar-refractivity contribution in [2.45, 2.75) is 13.5 Å². The standard InChI is InChI=1S/C14H13BrClN/c1-10-4-2-3-5-11(10)9-17-12-6-7-13(15)14(16)8-12/h2-8,17H,9H2,1H3. The zero-order chi connectivity index (χ0) is 12.3. The highest BCUT2D eigenvalue weighted by atomic mass is 79.9. The van der Waals surface area contributed by atoms with Crippen molar-refractivity contribution in [3.05, 3.63) is 63.1 Å². The fourth-order valence-corrected chi connectivity index (χ4v) is 2.04. The largest absolute Gasteiger partial charge is 0.381 e. The van der Waals surface area contributed by atoms with E-state index in [1.54, 1.807) is 0 Å². The molecule has 0 aliphatic carbocycles. The highest BCUT2D eigenvalue weighted by Crippen LogP contribution is 2.25. The third-order valence-electron chi connectivity index (χ3n) is 2.66. The zero-order valence-corrected chi connectivity index (χ0v) is 11.8. The van der Waals surface area contributed by atoms with Crippen LogP contribution in [-0.4, -0.2) is 0 Å². The van der Waals surface area contributed by atoms with Gasteiger partial charge in [-0.1, -0.05) is 35.9 Å². The molecule has 0 fully saturated rings. The van der Waals surface area contributed by atoms with E-state index in [-0.39, 0.29) is 0 Å². The van der Waals surface area contributed by atoms with Gasteiger partial charge in [0.25, 0.3) is 0 Å². The molecular weight excluding hydrogens is 298 g/mol. The van der Waals surface area contributed by atoms with E-state index in [2.05, 4.69) is 52.4 Å². The second kappa shape index (κ2) is 5.56. The van der Waals surface area contributed by atoms with Crippen molar-refractivity contribution >= 4 is 33.2 Å². The minimum atomic E-state index is 0.722. The molecular formula is C14H13BrClN. The summed E-state index contributed by atoms with van der Waals surface area (Å²) in [6.07, 6.45) is 0. The number of hydrogen-bond donors (Lipinski definition) is 1. The quantitative estimate of drug-likeness (QED) is 0.839. The summed E-state index contributed by atoms with van der Waals surface area (Å²) in [5.41, 5.74) is 3.62. The summed E-state index contributed by atoms with van der Waals surface area (Å²) in [6.45, 7) is 2.93. The van der Waals surface area contributed by atoms with Gasteiger partial charge in [0, 0.05) is 16.7 Å². The molecule has 0 radical (unpaired) electrons. The van der Waals surface area contributed by atoms with Gasteiger partial charge in [0.15, 0.2) is 0 Å². The highest BCUT2D eigenvalue weighted by Gasteiger charge is 2.00. The fourth-order valence-electron chi connectivity index (χ4n) is 1.61. The van der Waals surface area contributed by atoms with E-state index in [0.29, 0.717) is 0 Å². The summed E-state index contributed by atoms with van der Waals surface area (Å²) >= 11 is 9.42. The summed E-state index contributed by atoms with van der Waals surface area (Å²) in [7, 11) is 0. The maximum Gasteiger partial charge on any atom is 0.0568 e. The molecule has 88 valence electrons. The van der Waals surface area contributed by atoms with Crippen LogP contribution in [0.15, 0.2) is 46.9 Å². The van der Waals surface area contributed by atoms with E-state index in [1.165, 1.54) is 11.1 Å². The van der Waals surface area contributed by atoms with Crippen LogP contribution < -0.4 is 5.32 Å². The fraction of sp³-hybridized carbons (Fsp3) is 0.143. The molecule has 3 heteroatoms. The van der Waals surface area contributed by atoms with Crippen molar-refractivity contribution < 1.29 is 0 Å². The molecule has 0 aromatic heterocycles. The molecule has 1 N–H and O–H groups in total. The van der Waals surface area contributed by atoms with Crippen molar-refractivity contribution in [1.82, 2.24) is 0 Å². The monoisotopic (exact) mass is 309 g/mol. The number of halogens is 2. The predicted octanol–water partition coefficient (Wildman–Crippen LogP) is 5.02. The molecule has 0 aliphatic heterocycles. The van der Waals surface area contributed by atoms with E-state index in [0.717, 1.165) is 21.7 Å². The lowest BCUT2D eigenvalue weighted by molar-refractivity contribution is 1.12. The molecule has 2 aromatic carbocycles. The molecule has 0 unspecified atom stereocenters. The number of anilines is 1. The second-order valence-electron chi connectivity index (χ2n) is 3.91. The Labute approximate surface area is 115 Å². The predicted molar refractivity (Wildman–Crippen MR) is 77.7 cm³/mol. The molecule has 0 heterocycles.